The van der Waals surface area contributed by atoms with Gasteiger partial charge < -0.3 is 14.4 Å². The van der Waals surface area contributed by atoms with E-state index in [1.54, 1.807) is 0 Å². The first-order valence-electron chi connectivity index (χ1n) is 16.7. The number of rotatable bonds is 2. The molecule has 0 aromatic heterocycles. The van der Waals surface area contributed by atoms with Crippen molar-refractivity contribution in [2.24, 2.45) is 0 Å². The van der Waals surface area contributed by atoms with Crippen LogP contribution in [-0.4, -0.2) is 6.88 Å². The molecule has 50 heavy (non-hydrogen) atoms. The van der Waals surface area contributed by atoms with Crippen molar-refractivity contribution >= 4 is 53.2 Å². The van der Waals surface area contributed by atoms with Crippen LogP contribution in [-0.2, 0) is 34.2 Å². The van der Waals surface area contributed by atoms with E-state index in [4.69, 9.17) is 0 Å². The van der Waals surface area contributed by atoms with Gasteiger partial charge in [-0.3, -0.25) is 0 Å². The van der Waals surface area contributed by atoms with E-state index in [9.17, 15) is 0 Å². The van der Waals surface area contributed by atoms with Gasteiger partial charge in [-0.15, -0.1) is 93.9 Å². The minimum absolute atomic E-state index is 0. The summed E-state index contributed by atoms with van der Waals surface area (Å²) >= 11 is 1.36. The molecule has 6 aromatic carbocycles. The van der Waals surface area contributed by atoms with Crippen LogP contribution in [0.4, 0.5) is 0 Å². The zero-order valence-corrected chi connectivity index (χ0v) is 37.6. The molecule has 0 fully saturated rings. The molecule has 0 heterocycles. The molecule has 4 heteroatoms. The summed E-state index contributed by atoms with van der Waals surface area (Å²) in [5.41, 5.74) is 14.1. The van der Waals surface area contributed by atoms with Crippen LogP contribution >= 0.6 is 24.8 Å². The second-order valence-corrected chi connectivity index (χ2v) is 14.6. The number of hydrogen-bond donors (Lipinski definition) is 0. The molecule has 0 spiro atoms. The number of halogens is 2. The first-order chi connectivity index (χ1) is 22.2. The van der Waals surface area contributed by atoms with Crippen LogP contribution in [0.3, 0.4) is 0 Å². The standard InChI is InChI=1S/2C21H23.C3H7.CH3.2ClH.Si.Zr/c2*1-14-9-11-16(12-10-14)18-8-6-7-17-13-19(21(3,4)5)15(2)20(17)18;1-3-2;;;;;/h2*6-13H,1-5H3;1,3H2,2H3;1H3;2*1H;;/q4*-1;;;;. The van der Waals surface area contributed by atoms with Crippen molar-refractivity contribution in [3.05, 3.63) is 145 Å². The van der Waals surface area contributed by atoms with Crippen molar-refractivity contribution in [2.75, 3.05) is 0 Å². The maximum atomic E-state index is 3.49. The van der Waals surface area contributed by atoms with Gasteiger partial charge in [-0.25, -0.2) is 0 Å². The van der Waals surface area contributed by atoms with Gasteiger partial charge in [-0.2, -0.15) is 17.5 Å². The van der Waals surface area contributed by atoms with E-state index < -0.39 is 0 Å². The normalized spacial score (nSPS) is 10.5. The number of benzene rings is 4. The van der Waals surface area contributed by atoms with Gasteiger partial charge in [0, 0.05) is 0 Å². The Morgan fingerprint density at radius 3 is 1.10 bits per heavy atom. The molecule has 6 rings (SSSR count). The van der Waals surface area contributed by atoms with E-state index in [0.29, 0.717) is 0 Å². The minimum atomic E-state index is 0. The van der Waals surface area contributed by atoms with Gasteiger partial charge in [0.1, 0.15) is 0 Å². The number of fused-ring (bicyclic) bond motifs is 2. The summed E-state index contributed by atoms with van der Waals surface area (Å²) in [5, 5.41) is 5.53. The zero-order valence-electron chi connectivity index (χ0n) is 32.5. The number of aryl methyl sites for hydroxylation is 4. The van der Waals surface area contributed by atoms with Crippen molar-refractivity contribution < 1.29 is 23.3 Å². The van der Waals surface area contributed by atoms with Crippen LogP contribution in [0, 0.1) is 42.0 Å². The van der Waals surface area contributed by atoms with Crippen LogP contribution in [0.1, 0.15) is 88.3 Å². The van der Waals surface area contributed by atoms with Gasteiger partial charge in [0.15, 0.2) is 0 Å². The van der Waals surface area contributed by atoms with Crippen molar-refractivity contribution in [2.45, 2.75) is 93.4 Å². The third kappa shape index (κ3) is 11.4. The van der Waals surface area contributed by atoms with Crippen LogP contribution in [0.2, 0.25) is 0 Å². The van der Waals surface area contributed by atoms with Gasteiger partial charge in [0.05, 0.1) is 0 Å². The Balaban J connectivity index is 0.000000808. The van der Waals surface area contributed by atoms with Crippen molar-refractivity contribution in [1.29, 1.82) is 0 Å². The molecule has 0 N–H and O–H groups in total. The SMILES string of the molecule is Cc1ccc(-c2cccc3[cH-]c(C(C)(C)C)c(C)c23)cc1.Cc1ccc(-c2cccc3[cH-]c(C(C)(C)C)c(C)c23)cc1.Cl.Cl.[CH2-]CC.[CH3-].[Si]=[Zr]. The Labute approximate surface area is 334 Å². The summed E-state index contributed by atoms with van der Waals surface area (Å²) < 4.78 is 0. The van der Waals surface area contributed by atoms with E-state index in [-0.39, 0.29) is 43.1 Å². The molecule has 0 saturated heterocycles. The molecule has 268 valence electrons. The molecule has 0 amide bonds. The second kappa shape index (κ2) is 20.7. The van der Waals surface area contributed by atoms with Crippen molar-refractivity contribution in [1.82, 2.24) is 0 Å². The molecule has 0 nitrogen and oxygen atoms in total. The predicted molar refractivity (Wildman–Crippen MR) is 229 cm³/mol. The predicted octanol–water partition coefficient (Wildman–Crippen LogP) is 14.4. The summed E-state index contributed by atoms with van der Waals surface area (Å²) in [4.78, 5) is 0. The van der Waals surface area contributed by atoms with E-state index in [1.165, 1.54) is 101 Å². The van der Waals surface area contributed by atoms with Gasteiger partial charge in [0.2, 0.25) is 0 Å². The van der Waals surface area contributed by atoms with E-state index in [0.717, 1.165) is 6.42 Å². The van der Waals surface area contributed by atoms with Gasteiger partial charge in [-0.1, -0.05) is 145 Å². The molecule has 2 radical (unpaired) electrons. The average Bonchev–Trinajstić information content (AvgIpc) is 3.57. The second-order valence-electron chi connectivity index (χ2n) is 14.6. The zero-order chi connectivity index (χ0) is 35.1. The quantitative estimate of drug-likeness (QED) is 0.121. The molecule has 0 unspecified atom stereocenters. The van der Waals surface area contributed by atoms with Gasteiger partial charge in [0.25, 0.3) is 0 Å². The molecule has 0 aliphatic heterocycles. The fourth-order valence-corrected chi connectivity index (χ4v) is 6.52. The van der Waals surface area contributed by atoms with E-state index in [1.807, 2.05) is 6.92 Å². The summed E-state index contributed by atoms with van der Waals surface area (Å²) in [6.07, 6.45) is 1.00. The van der Waals surface area contributed by atoms with E-state index in [2.05, 4.69) is 180 Å². The molecular formula is C46H58Cl2SiZr-4. The first-order valence-corrected chi connectivity index (χ1v) is 20.9. The first kappa shape index (κ1) is 47.8. The maximum absolute atomic E-state index is 3.49. The van der Waals surface area contributed by atoms with Crippen molar-refractivity contribution in [3.63, 3.8) is 0 Å². The van der Waals surface area contributed by atoms with Crippen molar-refractivity contribution in [3.8, 4) is 22.3 Å². The Bertz CT molecular complexity index is 1750. The third-order valence-corrected chi connectivity index (χ3v) is 8.69. The summed E-state index contributed by atoms with van der Waals surface area (Å²) in [6.45, 7) is 31.1. The molecule has 0 bridgehead atoms. The third-order valence-electron chi connectivity index (χ3n) is 8.69. The van der Waals surface area contributed by atoms with Crippen LogP contribution in [0.5, 0.6) is 0 Å². The van der Waals surface area contributed by atoms with Gasteiger partial charge >= 0.3 is 30.2 Å². The fraction of sp³-hybridized carbons (Fsp3) is 0.304. The van der Waals surface area contributed by atoms with Crippen LogP contribution in [0.15, 0.2) is 97.1 Å². The molecule has 6 aromatic rings. The molecule has 0 aliphatic carbocycles. The summed E-state index contributed by atoms with van der Waals surface area (Å²) in [5.74, 6) is 0. The van der Waals surface area contributed by atoms with Gasteiger partial charge in [-0.05, 0) is 35.8 Å². The Hall–Kier alpha value is -2.22. The Morgan fingerprint density at radius 2 is 0.840 bits per heavy atom. The summed E-state index contributed by atoms with van der Waals surface area (Å²) in [6, 6.07) is 35.7. The summed E-state index contributed by atoms with van der Waals surface area (Å²) in [7, 11) is 0. The van der Waals surface area contributed by atoms with Crippen LogP contribution in [0.25, 0.3) is 43.8 Å². The number of hydrogen-bond acceptors (Lipinski definition) is 0. The van der Waals surface area contributed by atoms with Crippen LogP contribution < -0.4 is 0 Å². The van der Waals surface area contributed by atoms with E-state index >= 15 is 0 Å². The Morgan fingerprint density at radius 1 is 0.560 bits per heavy atom. The average molecular weight is 801 g/mol. The Kier molecular flexibility index (Phi) is 19.8. The molecule has 0 atom stereocenters. The topological polar surface area (TPSA) is 0 Å². The molecular weight excluding hydrogens is 743 g/mol. The monoisotopic (exact) mass is 798 g/mol. The fourth-order valence-electron chi connectivity index (χ4n) is 6.52. The molecule has 0 aliphatic rings. The molecule has 0 saturated carbocycles.